The van der Waals surface area contributed by atoms with Gasteiger partial charge in [-0.25, -0.2) is 0 Å². The largest absolute Gasteiger partial charge is 0.470 e. The first kappa shape index (κ1) is 16.6. The molecule has 1 aromatic carbocycles. The lowest BCUT2D eigenvalue weighted by Gasteiger charge is -2.05. The second kappa shape index (κ2) is 6.78. The molecular formula is C18H12ClN3O3S. The smallest absolute Gasteiger partial charge is 0.309 e. The molecule has 0 bridgehead atoms. The Hall–Kier alpha value is -2.90. The van der Waals surface area contributed by atoms with E-state index in [2.05, 4.69) is 15.5 Å². The molecule has 3 heterocycles. The monoisotopic (exact) mass is 385 g/mol. The molecule has 0 aliphatic rings. The van der Waals surface area contributed by atoms with Gasteiger partial charge < -0.3 is 14.5 Å². The topological polar surface area (TPSA) is 77.2 Å². The Morgan fingerprint density at radius 1 is 1.23 bits per heavy atom. The Balaban J connectivity index is 1.85. The molecule has 0 radical (unpaired) electrons. The van der Waals surface area contributed by atoms with Crippen LogP contribution in [0.3, 0.4) is 0 Å². The van der Waals surface area contributed by atoms with Crippen LogP contribution in [0.25, 0.3) is 20.5 Å². The highest BCUT2D eigenvalue weighted by Crippen LogP contribution is 2.41. The maximum atomic E-state index is 11.4. The number of ether oxygens (including phenoxy) is 1. The van der Waals surface area contributed by atoms with Gasteiger partial charge in [-0.05, 0) is 29.8 Å². The molecule has 0 unspecified atom stereocenters. The minimum atomic E-state index is -0.447. The number of furan rings is 1. The number of thiophene rings is 1. The predicted molar refractivity (Wildman–Crippen MR) is 101 cm³/mol. The number of rotatable bonds is 4. The number of hydrogen-bond donors (Lipinski definition) is 1. The number of aromatic nitrogens is 2. The van der Waals surface area contributed by atoms with Gasteiger partial charge in [0.15, 0.2) is 5.82 Å². The van der Waals surface area contributed by atoms with Crippen LogP contribution in [-0.2, 0) is 4.79 Å². The number of fused-ring (bicyclic) bond motifs is 1. The fraction of sp³-hybridized carbons (Fsp3) is 0.0556. The third kappa shape index (κ3) is 3.26. The van der Waals surface area contributed by atoms with Crippen LogP contribution in [0.1, 0.15) is 6.92 Å². The summed E-state index contributed by atoms with van der Waals surface area (Å²) in [6.07, 6.45) is 3.13. The molecule has 0 fully saturated rings. The van der Waals surface area contributed by atoms with Gasteiger partial charge in [-0.1, -0.05) is 23.7 Å². The summed E-state index contributed by atoms with van der Waals surface area (Å²) in [5.41, 5.74) is 1.75. The Labute approximate surface area is 157 Å². The van der Waals surface area contributed by atoms with Crippen molar-refractivity contribution in [3.8, 4) is 16.3 Å². The lowest BCUT2D eigenvalue weighted by atomic mass is 10.2. The number of anilines is 2. The minimum Gasteiger partial charge on any atom is -0.470 e. The van der Waals surface area contributed by atoms with Crippen molar-refractivity contribution in [1.82, 2.24) is 10.2 Å². The normalized spacial score (nSPS) is 10.8. The van der Waals surface area contributed by atoms with Gasteiger partial charge in [0.25, 0.3) is 5.88 Å². The summed E-state index contributed by atoms with van der Waals surface area (Å²) < 4.78 is 11.0. The van der Waals surface area contributed by atoms with Gasteiger partial charge in [-0.15, -0.1) is 21.5 Å². The van der Waals surface area contributed by atoms with E-state index in [1.54, 1.807) is 18.6 Å². The van der Waals surface area contributed by atoms with Crippen molar-refractivity contribution in [2.45, 2.75) is 6.92 Å². The molecule has 0 spiro atoms. The SMILES string of the molecule is CC(=O)Oc1nnc(Nc2ccoc2)c2cc(-c3ccc(Cl)cc3)sc12. The van der Waals surface area contributed by atoms with Crippen LogP contribution < -0.4 is 10.1 Å². The van der Waals surface area contributed by atoms with Crippen LogP contribution in [0.2, 0.25) is 5.02 Å². The summed E-state index contributed by atoms with van der Waals surface area (Å²) in [5.74, 6) is 0.293. The fourth-order valence-electron chi connectivity index (χ4n) is 2.44. The van der Waals surface area contributed by atoms with E-state index in [-0.39, 0.29) is 5.88 Å². The molecule has 26 heavy (non-hydrogen) atoms. The second-order valence-corrected chi connectivity index (χ2v) is 6.93. The van der Waals surface area contributed by atoms with Crippen molar-refractivity contribution in [2.24, 2.45) is 0 Å². The highest BCUT2D eigenvalue weighted by molar-refractivity contribution is 7.22. The lowest BCUT2D eigenvalue weighted by Crippen LogP contribution is -2.05. The van der Waals surface area contributed by atoms with Gasteiger partial charge >= 0.3 is 5.97 Å². The van der Waals surface area contributed by atoms with Gasteiger partial charge in [-0.3, -0.25) is 4.79 Å². The Morgan fingerprint density at radius 2 is 2.04 bits per heavy atom. The van der Waals surface area contributed by atoms with Crippen molar-refractivity contribution >= 4 is 50.5 Å². The zero-order valence-corrected chi connectivity index (χ0v) is 15.1. The average Bonchev–Trinajstić information content (AvgIpc) is 3.27. The van der Waals surface area contributed by atoms with Crippen LogP contribution in [0, 0.1) is 0 Å². The molecule has 0 amide bonds. The minimum absolute atomic E-state index is 0.190. The molecule has 6 nitrogen and oxygen atoms in total. The third-order valence-electron chi connectivity index (χ3n) is 3.58. The molecule has 0 saturated carbocycles. The van der Waals surface area contributed by atoms with Gasteiger partial charge in [-0.2, -0.15) is 0 Å². The molecule has 0 aliphatic heterocycles. The number of benzene rings is 1. The van der Waals surface area contributed by atoms with E-state index in [1.165, 1.54) is 18.3 Å². The van der Waals surface area contributed by atoms with Crippen LogP contribution in [-0.4, -0.2) is 16.2 Å². The fourth-order valence-corrected chi connectivity index (χ4v) is 3.66. The highest BCUT2D eigenvalue weighted by atomic mass is 35.5. The van der Waals surface area contributed by atoms with Crippen molar-refractivity contribution in [1.29, 1.82) is 0 Å². The van der Waals surface area contributed by atoms with E-state index < -0.39 is 5.97 Å². The Morgan fingerprint density at radius 3 is 2.73 bits per heavy atom. The molecule has 4 aromatic rings. The standard InChI is InChI=1S/C18H12ClN3O3S/c1-10(23)25-18-16-14(17(21-22-18)20-13-6-7-24-9-13)8-15(26-16)11-2-4-12(19)5-3-11/h2-9H,1H3,(H,20,21). The summed E-state index contributed by atoms with van der Waals surface area (Å²) in [6, 6.07) is 11.3. The lowest BCUT2D eigenvalue weighted by molar-refractivity contribution is -0.132. The first-order valence-electron chi connectivity index (χ1n) is 7.64. The summed E-state index contributed by atoms with van der Waals surface area (Å²) in [4.78, 5) is 12.4. The van der Waals surface area contributed by atoms with Crippen LogP contribution in [0.15, 0.2) is 53.3 Å². The predicted octanol–water partition coefficient (Wildman–Crippen LogP) is 5.27. The van der Waals surface area contributed by atoms with E-state index >= 15 is 0 Å². The number of carbonyl (C=O) groups excluding carboxylic acids is 1. The summed E-state index contributed by atoms with van der Waals surface area (Å²) >= 11 is 7.44. The first-order chi connectivity index (χ1) is 12.6. The quantitative estimate of drug-likeness (QED) is 0.482. The van der Waals surface area contributed by atoms with Crippen molar-refractivity contribution in [3.05, 3.63) is 53.9 Å². The molecule has 0 aliphatic carbocycles. The van der Waals surface area contributed by atoms with Gasteiger partial charge in [0, 0.05) is 22.2 Å². The van der Waals surface area contributed by atoms with Crippen LogP contribution in [0.4, 0.5) is 11.5 Å². The summed E-state index contributed by atoms with van der Waals surface area (Å²) in [6.45, 7) is 1.33. The number of hydrogen-bond acceptors (Lipinski definition) is 7. The van der Waals surface area contributed by atoms with Crippen LogP contribution in [0.5, 0.6) is 5.88 Å². The van der Waals surface area contributed by atoms with Gasteiger partial charge in [0.1, 0.15) is 11.0 Å². The summed E-state index contributed by atoms with van der Waals surface area (Å²) in [5, 5.41) is 12.8. The first-order valence-corrected chi connectivity index (χ1v) is 8.83. The van der Waals surface area contributed by atoms with Gasteiger partial charge in [0.05, 0.1) is 12.0 Å². The van der Waals surface area contributed by atoms with E-state index in [4.69, 9.17) is 20.8 Å². The second-order valence-electron chi connectivity index (χ2n) is 5.44. The maximum absolute atomic E-state index is 11.4. The molecule has 4 rings (SSSR count). The van der Waals surface area contributed by atoms with E-state index in [0.29, 0.717) is 10.8 Å². The molecule has 0 saturated heterocycles. The zero-order valence-electron chi connectivity index (χ0n) is 13.5. The van der Waals surface area contributed by atoms with Crippen molar-refractivity contribution < 1.29 is 13.9 Å². The van der Waals surface area contributed by atoms with Crippen molar-refractivity contribution in [2.75, 3.05) is 5.32 Å². The van der Waals surface area contributed by atoms with E-state index in [1.807, 2.05) is 30.3 Å². The highest BCUT2D eigenvalue weighted by Gasteiger charge is 2.17. The molecule has 0 atom stereocenters. The van der Waals surface area contributed by atoms with E-state index in [9.17, 15) is 4.79 Å². The molecule has 8 heteroatoms. The maximum Gasteiger partial charge on any atom is 0.309 e. The Bertz CT molecular complexity index is 1080. The number of carbonyl (C=O) groups is 1. The number of halogens is 1. The Kier molecular flexibility index (Phi) is 4.32. The van der Waals surface area contributed by atoms with E-state index in [0.717, 1.165) is 26.2 Å². The zero-order chi connectivity index (χ0) is 18.1. The number of nitrogens with one attached hydrogen (secondary N) is 1. The molecule has 1 N–H and O–H groups in total. The molecule has 3 aromatic heterocycles. The number of esters is 1. The average molecular weight is 386 g/mol. The van der Waals surface area contributed by atoms with Crippen molar-refractivity contribution in [3.63, 3.8) is 0 Å². The molecular weight excluding hydrogens is 374 g/mol. The van der Waals surface area contributed by atoms with Gasteiger partial charge in [0.2, 0.25) is 0 Å². The third-order valence-corrected chi connectivity index (χ3v) is 5.00. The summed E-state index contributed by atoms with van der Waals surface area (Å²) in [7, 11) is 0. The number of nitrogens with zero attached hydrogens (tertiary/aromatic N) is 2. The molecule has 130 valence electrons. The van der Waals surface area contributed by atoms with Crippen LogP contribution >= 0.6 is 22.9 Å².